The van der Waals surface area contributed by atoms with Gasteiger partial charge in [-0.1, -0.05) is 34.1 Å². The van der Waals surface area contributed by atoms with Gasteiger partial charge in [-0.25, -0.2) is 18.8 Å². The third kappa shape index (κ3) is 4.76. The fraction of sp³-hybridized carbons (Fsp3) is 0.875. The number of alkyl halides is 1. The van der Waals surface area contributed by atoms with Gasteiger partial charge in [0.1, 0.15) is 11.6 Å². The maximum absolute atomic E-state index is 15.0. The average molecular weight is 488 g/mol. The second-order valence-electron chi connectivity index (χ2n) is 10.5. The SMILES string of the molecule is CCCO[C@@H]1C[C@@H]2[C@H]([C@]1(N)C(=O)O[C@@H](C)OC(=O)O[C@@H]1C[C@H](C)CCC1C(C)C)[C@@]2(F)C(=O)O. The largest absolute Gasteiger partial charge is 0.511 e. The van der Waals surface area contributed by atoms with E-state index in [0.29, 0.717) is 18.3 Å². The fourth-order valence-electron chi connectivity index (χ4n) is 5.87. The van der Waals surface area contributed by atoms with E-state index in [1.54, 1.807) is 0 Å². The molecule has 1 unspecified atom stereocenters. The topological polar surface area (TPSA) is 134 Å². The first-order valence-electron chi connectivity index (χ1n) is 12.3. The van der Waals surface area contributed by atoms with Gasteiger partial charge in [0.15, 0.2) is 0 Å². The lowest BCUT2D eigenvalue weighted by molar-refractivity contribution is -0.183. The number of carboxylic acids is 1. The van der Waals surface area contributed by atoms with Crippen LogP contribution >= 0.6 is 0 Å². The van der Waals surface area contributed by atoms with Gasteiger partial charge >= 0.3 is 18.1 Å². The van der Waals surface area contributed by atoms with E-state index in [2.05, 4.69) is 20.8 Å². The Morgan fingerprint density at radius 2 is 1.82 bits per heavy atom. The van der Waals surface area contributed by atoms with Crippen LogP contribution in [0.25, 0.3) is 0 Å². The summed E-state index contributed by atoms with van der Waals surface area (Å²) in [6.07, 6.45) is -0.132. The number of carbonyl (C=O) groups excluding carboxylic acids is 2. The molecule has 0 heterocycles. The molecule has 0 bridgehead atoms. The summed E-state index contributed by atoms with van der Waals surface area (Å²) >= 11 is 0. The number of esters is 1. The Morgan fingerprint density at radius 3 is 2.41 bits per heavy atom. The van der Waals surface area contributed by atoms with Crippen LogP contribution in [-0.2, 0) is 28.5 Å². The van der Waals surface area contributed by atoms with E-state index in [1.165, 1.54) is 6.92 Å². The van der Waals surface area contributed by atoms with Crippen molar-refractivity contribution in [2.75, 3.05) is 6.61 Å². The van der Waals surface area contributed by atoms with Crippen LogP contribution in [0.4, 0.5) is 9.18 Å². The Morgan fingerprint density at radius 1 is 1.15 bits per heavy atom. The van der Waals surface area contributed by atoms with Crippen molar-refractivity contribution in [3.63, 3.8) is 0 Å². The standard InChI is InChI=1S/C24H38FNO8/c1-6-9-31-18-11-16-19(23(16,25)20(27)28)24(18,26)21(29)32-14(5)33-22(30)34-17-10-13(4)7-8-15(17)12(2)3/h12-19H,6-11,26H2,1-5H3,(H,27,28)/t13-,14-,15?,16-,17-,18-,19+,23-,24+/m1/s1. The molecule has 0 aliphatic heterocycles. The lowest BCUT2D eigenvalue weighted by Gasteiger charge is -2.36. The van der Waals surface area contributed by atoms with E-state index in [4.69, 9.17) is 24.7 Å². The van der Waals surface area contributed by atoms with Crippen molar-refractivity contribution in [1.82, 2.24) is 0 Å². The summed E-state index contributed by atoms with van der Waals surface area (Å²) in [5.74, 6) is -3.97. The molecule has 0 saturated heterocycles. The van der Waals surface area contributed by atoms with Crippen molar-refractivity contribution < 1.29 is 42.8 Å². The van der Waals surface area contributed by atoms with E-state index in [-0.39, 0.29) is 25.0 Å². The molecule has 10 heteroatoms. The summed E-state index contributed by atoms with van der Waals surface area (Å²) < 4.78 is 36.6. The number of aliphatic carboxylic acids is 1. The minimum Gasteiger partial charge on any atom is -0.479 e. The maximum atomic E-state index is 15.0. The highest BCUT2D eigenvalue weighted by atomic mass is 19.1. The number of carboxylic acid groups (broad SMARTS) is 1. The van der Waals surface area contributed by atoms with E-state index in [9.17, 15) is 23.9 Å². The van der Waals surface area contributed by atoms with Gasteiger partial charge in [-0.3, -0.25) is 0 Å². The molecule has 0 amide bonds. The first-order valence-corrected chi connectivity index (χ1v) is 12.3. The molecule has 3 saturated carbocycles. The van der Waals surface area contributed by atoms with Crippen molar-refractivity contribution in [1.29, 1.82) is 0 Å². The summed E-state index contributed by atoms with van der Waals surface area (Å²) in [5.41, 5.74) is 1.70. The van der Waals surface area contributed by atoms with Crippen molar-refractivity contribution in [3.05, 3.63) is 0 Å². The molecule has 0 radical (unpaired) electrons. The molecule has 0 aromatic heterocycles. The Bertz CT molecular complexity index is 793. The van der Waals surface area contributed by atoms with E-state index in [1.807, 2.05) is 6.92 Å². The van der Waals surface area contributed by atoms with E-state index < -0.39 is 53.5 Å². The van der Waals surface area contributed by atoms with Crippen LogP contribution in [0, 0.1) is 29.6 Å². The number of fused-ring (bicyclic) bond motifs is 1. The summed E-state index contributed by atoms with van der Waals surface area (Å²) in [4.78, 5) is 36.9. The number of nitrogens with two attached hydrogens (primary N) is 1. The Balaban J connectivity index is 1.63. The molecule has 3 rings (SSSR count). The first kappa shape index (κ1) is 26.7. The Labute approximate surface area is 199 Å². The predicted molar refractivity (Wildman–Crippen MR) is 118 cm³/mol. The van der Waals surface area contributed by atoms with Crippen LogP contribution in [0.15, 0.2) is 0 Å². The van der Waals surface area contributed by atoms with Crippen molar-refractivity contribution in [2.45, 2.75) is 96.4 Å². The van der Waals surface area contributed by atoms with Crippen LogP contribution in [0.3, 0.4) is 0 Å². The summed E-state index contributed by atoms with van der Waals surface area (Å²) in [6, 6.07) is 0. The molecule has 0 aromatic carbocycles. The molecular weight excluding hydrogens is 449 g/mol. The number of rotatable bonds is 9. The highest BCUT2D eigenvalue weighted by molar-refractivity contribution is 5.91. The lowest BCUT2D eigenvalue weighted by Crippen LogP contribution is -2.61. The number of hydrogen-bond donors (Lipinski definition) is 2. The van der Waals surface area contributed by atoms with Gasteiger partial charge < -0.3 is 29.8 Å². The molecular formula is C24H38FNO8. The third-order valence-electron chi connectivity index (χ3n) is 7.75. The van der Waals surface area contributed by atoms with Gasteiger partial charge in [0.2, 0.25) is 12.0 Å². The van der Waals surface area contributed by atoms with Crippen molar-refractivity contribution in [2.24, 2.45) is 35.3 Å². The highest BCUT2D eigenvalue weighted by Crippen LogP contribution is 2.67. The van der Waals surface area contributed by atoms with Crippen LogP contribution in [0.5, 0.6) is 0 Å². The normalized spacial score (nSPS) is 39.8. The minimum atomic E-state index is -2.60. The summed E-state index contributed by atoms with van der Waals surface area (Å²) in [6.45, 7) is 9.74. The lowest BCUT2D eigenvalue weighted by atomic mass is 9.75. The second-order valence-corrected chi connectivity index (χ2v) is 10.5. The van der Waals surface area contributed by atoms with Crippen LogP contribution in [0.2, 0.25) is 0 Å². The predicted octanol–water partition coefficient (Wildman–Crippen LogP) is 3.42. The molecule has 3 aliphatic carbocycles. The monoisotopic (exact) mass is 487 g/mol. The molecule has 194 valence electrons. The van der Waals surface area contributed by atoms with Crippen LogP contribution in [0.1, 0.15) is 66.7 Å². The zero-order valence-electron chi connectivity index (χ0n) is 20.6. The minimum absolute atomic E-state index is 0.00714. The Hall–Kier alpha value is -1.94. The van der Waals surface area contributed by atoms with Crippen LogP contribution < -0.4 is 5.73 Å². The number of carbonyl (C=O) groups is 3. The van der Waals surface area contributed by atoms with E-state index >= 15 is 0 Å². The smallest absolute Gasteiger partial charge is 0.479 e. The van der Waals surface area contributed by atoms with Crippen LogP contribution in [-0.4, -0.2) is 59.5 Å². The second kappa shape index (κ2) is 9.97. The number of halogens is 1. The van der Waals surface area contributed by atoms with Gasteiger partial charge in [-0.05, 0) is 43.4 Å². The Kier molecular flexibility index (Phi) is 7.82. The molecule has 3 fully saturated rings. The average Bonchev–Trinajstić information content (AvgIpc) is 3.21. The van der Waals surface area contributed by atoms with Gasteiger partial charge in [0.05, 0.1) is 6.10 Å². The van der Waals surface area contributed by atoms with Gasteiger partial charge in [0.25, 0.3) is 0 Å². The summed E-state index contributed by atoms with van der Waals surface area (Å²) in [5, 5.41) is 9.32. The molecule has 0 spiro atoms. The number of hydrogen-bond acceptors (Lipinski definition) is 8. The first-order chi connectivity index (χ1) is 15.9. The van der Waals surface area contributed by atoms with Crippen molar-refractivity contribution in [3.8, 4) is 0 Å². The highest BCUT2D eigenvalue weighted by Gasteiger charge is 2.85. The zero-order chi connectivity index (χ0) is 25.4. The van der Waals surface area contributed by atoms with Crippen molar-refractivity contribution >= 4 is 18.1 Å². The quantitative estimate of drug-likeness (QED) is 0.370. The number of ether oxygens (including phenoxy) is 4. The molecule has 34 heavy (non-hydrogen) atoms. The molecule has 3 aliphatic rings. The van der Waals surface area contributed by atoms with Gasteiger partial charge in [0, 0.05) is 25.4 Å². The third-order valence-corrected chi connectivity index (χ3v) is 7.75. The van der Waals surface area contributed by atoms with E-state index in [0.717, 1.165) is 19.3 Å². The molecule has 9 atom stereocenters. The molecule has 9 nitrogen and oxygen atoms in total. The maximum Gasteiger partial charge on any atom is 0.511 e. The zero-order valence-corrected chi connectivity index (χ0v) is 20.6. The molecule has 0 aromatic rings. The summed E-state index contributed by atoms with van der Waals surface area (Å²) in [7, 11) is 0. The van der Waals surface area contributed by atoms with Gasteiger partial charge in [-0.2, -0.15) is 0 Å². The fourth-order valence-corrected chi connectivity index (χ4v) is 5.87. The molecule has 3 N–H and O–H groups in total. The van der Waals surface area contributed by atoms with Gasteiger partial charge in [-0.15, -0.1) is 0 Å².